The van der Waals surface area contributed by atoms with Crippen molar-refractivity contribution < 1.29 is 34.2 Å². The summed E-state index contributed by atoms with van der Waals surface area (Å²) >= 11 is 0. The summed E-state index contributed by atoms with van der Waals surface area (Å²) in [4.78, 5) is 57.9. The van der Waals surface area contributed by atoms with Gasteiger partial charge in [0, 0.05) is 0 Å². The fraction of sp³-hybridized carbons (Fsp3) is 0.667. The van der Waals surface area contributed by atoms with Crippen LogP contribution >= 0.6 is 0 Å². The number of amides is 4. The molecule has 0 spiro atoms. The number of aliphatic hydroxyl groups is 1. The zero-order chi connectivity index (χ0) is 21.3. The molecule has 0 aliphatic rings. The van der Waals surface area contributed by atoms with E-state index in [-0.39, 0.29) is 0 Å². The van der Waals surface area contributed by atoms with Gasteiger partial charge in [-0.2, -0.15) is 0 Å². The Kier molecular flexibility index (Phi) is 9.96. The predicted molar refractivity (Wildman–Crippen MR) is 92.8 cm³/mol. The Bertz CT molecular complexity index is 581. The first-order valence-corrected chi connectivity index (χ1v) is 8.19. The van der Waals surface area contributed by atoms with Gasteiger partial charge >= 0.3 is 5.97 Å². The smallest absolute Gasteiger partial charge is 0.325 e. The van der Waals surface area contributed by atoms with Crippen molar-refractivity contribution in [3.05, 3.63) is 0 Å². The molecule has 0 aromatic rings. The first-order chi connectivity index (χ1) is 12.4. The molecule has 0 saturated carbocycles. The Balaban J connectivity index is 5.04. The first-order valence-electron chi connectivity index (χ1n) is 8.19. The molecule has 0 saturated heterocycles. The van der Waals surface area contributed by atoms with Crippen LogP contribution in [0, 0.1) is 5.92 Å². The topological polar surface area (TPSA) is 214 Å². The third-order valence-electron chi connectivity index (χ3n) is 3.55. The van der Waals surface area contributed by atoms with Crippen molar-refractivity contribution in [2.75, 3.05) is 6.61 Å². The Hall–Kier alpha value is -2.73. The van der Waals surface area contributed by atoms with E-state index in [2.05, 4.69) is 16.0 Å². The fourth-order valence-corrected chi connectivity index (χ4v) is 1.94. The molecule has 12 nitrogen and oxygen atoms in total. The molecule has 0 radical (unpaired) electrons. The molecule has 0 aliphatic heterocycles. The van der Waals surface area contributed by atoms with Crippen molar-refractivity contribution in [1.29, 1.82) is 0 Å². The van der Waals surface area contributed by atoms with Crippen LogP contribution in [0.25, 0.3) is 0 Å². The van der Waals surface area contributed by atoms with E-state index >= 15 is 0 Å². The fourth-order valence-electron chi connectivity index (χ4n) is 1.94. The van der Waals surface area contributed by atoms with Gasteiger partial charge in [-0.15, -0.1) is 0 Å². The van der Waals surface area contributed by atoms with Gasteiger partial charge in [0.15, 0.2) is 0 Å². The molecule has 0 heterocycles. The lowest BCUT2D eigenvalue weighted by Gasteiger charge is -2.25. The molecule has 9 N–H and O–H groups in total. The van der Waals surface area contributed by atoms with E-state index in [0.29, 0.717) is 0 Å². The number of carboxylic acid groups (broad SMARTS) is 1. The van der Waals surface area contributed by atoms with E-state index in [1.807, 2.05) is 0 Å². The zero-order valence-electron chi connectivity index (χ0n) is 15.4. The standard InChI is InChI=1S/C15H27N5O7/c1-6(2)11(20-12(23)8(16)4-10(17)22)14(25)19-9(5-21)13(24)18-7(3)15(26)27/h6-9,11,21H,4-5,16H2,1-3H3,(H2,17,22)(H,18,24)(H,19,25)(H,20,23)(H,26,27). The third kappa shape index (κ3) is 8.46. The molecule has 0 bridgehead atoms. The summed E-state index contributed by atoms with van der Waals surface area (Å²) in [5.74, 6) is -4.97. The van der Waals surface area contributed by atoms with Crippen molar-refractivity contribution in [3.8, 4) is 0 Å². The number of hydrogen-bond acceptors (Lipinski definition) is 7. The number of nitrogens with one attached hydrogen (secondary N) is 3. The third-order valence-corrected chi connectivity index (χ3v) is 3.55. The molecule has 0 aliphatic carbocycles. The maximum atomic E-state index is 12.4. The second-order valence-electron chi connectivity index (χ2n) is 6.32. The summed E-state index contributed by atoms with van der Waals surface area (Å²) in [5, 5.41) is 24.8. The maximum Gasteiger partial charge on any atom is 0.325 e. The minimum atomic E-state index is -1.42. The highest BCUT2D eigenvalue weighted by Crippen LogP contribution is 2.04. The SMILES string of the molecule is CC(NC(=O)C(CO)NC(=O)C(NC(=O)C(N)CC(N)=O)C(C)C)C(=O)O. The monoisotopic (exact) mass is 389 g/mol. The van der Waals surface area contributed by atoms with Crippen LogP contribution in [0.2, 0.25) is 0 Å². The van der Waals surface area contributed by atoms with E-state index in [4.69, 9.17) is 16.6 Å². The van der Waals surface area contributed by atoms with Gasteiger partial charge < -0.3 is 37.6 Å². The molecule has 12 heteroatoms. The summed E-state index contributed by atoms with van der Waals surface area (Å²) in [6.07, 6.45) is -0.410. The van der Waals surface area contributed by atoms with Crippen molar-refractivity contribution in [2.24, 2.45) is 17.4 Å². The molecule has 4 unspecified atom stereocenters. The van der Waals surface area contributed by atoms with Crippen molar-refractivity contribution >= 4 is 29.6 Å². The summed E-state index contributed by atoms with van der Waals surface area (Å²) in [6.45, 7) is 3.66. The summed E-state index contributed by atoms with van der Waals surface area (Å²) in [5.41, 5.74) is 10.5. The van der Waals surface area contributed by atoms with Crippen LogP contribution < -0.4 is 27.4 Å². The van der Waals surface area contributed by atoms with Crippen LogP contribution in [0.3, 0.4) is 0 Å². The van der Waals surface area contributed by atoms with Gasteiger partial charge in [-0.25, -0.2) is 0 Å². The van der Waals surface area contributed by atoms with Gasteiger partial charge in [0.25, 0.3) is 0 Å². The molecule has 0 rings (SSSR count). The molecule has 0 aromatic carbocycles. The number of hydrogen-bond donors (Lipinski definition) is 7. The quantitative estimate of drug-likeness (QED) is 0.187. The molecule has 0 aromatic heterocycles. The molecular formula is C15H27N5O7. The van der Waals surface area contributed by atoms with Gasteiger partial charge in [0.1, 0.15) is 18.1 Å². The van der Waals surface area contributed by atoms with Crippen LogP contribution in [0.1, 0.15) is 27.2 Å². The predicted octanol–water partition coefficient (Wildman–Crippen LogP) is -3.60. The number of aliphatic hydroxyl groups excluding tert-OH is 1. The van der Waals surface area contributed by atoms with E-state index < -0.39 is 72.7 Å². The van der Waals surface area contributed by atoms with Crippen molar-refractivity contribution in [2.45, 2.75) is 51.4 Å². The Morgan fingerprint density at radius 2 is 1.48 bits per heavy atom. The van der Waals surface area contributed by atoms with Gasteiger partial charge in [0.05, 0.1) is 19.1 Å². The number of primary amides is 1. The van der Waals surface area contributed by atoms with Gasteiger partial charge in [-0.05, 0) is 12.8 Å². The lowest BCUT2D eigenvalue weighted by molar-refractivity contribution is -0.142. The van der Waals surface area contributed by atoms with Gasteiger partial charge in [-0.1, -0.05) is 13.8 Å². The Morgan fingerprint density at radius 3 is 1.89 bits per heavy atom. The van der Waals surface area contributed by atoms with E-state index in [9.17, 15) is 29.1 Å². The second-order valence-corrected chi connectivity index (χ2v) is 6.32. The van der Waals surface area contributed by atoms with Crippen LogP contribution in [0.4, 0.5) is 0 Å². The Labute approximate surface area is 156 Å². The average Bonchev–Trinajstić information content (AvgIpc) is 2.55. The minimum absolute atomic E-state index is 0.410. The summed E-state index contributed by atoms with van der Waals surface area (Å²) < 4.78 is 0. The Morgan fingerprint density at radius 1 is 0.926 bits per heavy atom. The average molecular weight is 389 g/mol. The lowest BCUT2D eigenvalue weighted by atomic mass is 10.0. The molecule has 27 heavy (non-hydrogen) atoms. The van der Waals surface area contributed by atoms with Gasteiger partial charge in [0.2, 0.25) is 23.6 Å². The zero-order valence-corrected chi connectivity index (χ0v) is 15.4. The largest absolute Gasteiger partial charge is 0.480 e. The highest BCUT2D eigenvalue weighted by Gasteiger charge is 2.30. The molecule has 4 amide bonds. The van der Waals surface area contributed by atoms with Crippen LogP contribution in [0.15, 0.2) is 0 Å². The highest BCUT2D eigenvalue weighted by atomic mass is 16.4. The number of nitrogens with two attached hydrogens (primary N) is 2. The normalized spacial score (nSPS) is 15.2. The van der Waals surface area contributed by atoms with Crippen molar-refractivity contribution in [3.63, 3.8) is 0 Å². The van der Waals surface area contributed by atoms with E-state index in [1.54, 1.807) is 13.8 Å². The second kappa shape index (κ2) is 11.1. The van der Waals surface area contributed by atoms with Crippen molar-refractivity contribution in [1.82, 2.24) is 16.0 Å². The van der Waals surface area contributed by atoms with E-state index in [1.165, 1.54) is 6.92 Å². The van der Waals surface area contributed by atoms with Gasteiger partial charge in [-0.3, -0.25) is 24.0 Å². The molecule has 0 fully saturated rings. The van der Waals surface area contributed by atoms with Crippen LogP contribution in [-0.4, -0.2) is 70.6 Å². The maximum absolute atomic E-state index is 12.4. The minimum Gasteiger partial charge on any atom is -0.480 e. The number of rotatable bonds is 11. The highest BCUT2D eigenvalue weighted by molar-refractivity contribution is 5.95. The number of aliphatic carboxylic acids is 1. The summed E-state index contributed by atoms with van der Waals surface area (Å²) in [7, 11) is 0. The number of carbonyl (C=O) groups is 5. The molecular weight excluding hydrogens is 362 g/mol. The summed E-state index contributed by atoms with van der Waals surface area (Å²) in [6, 6.07) is -5.01. The first kappa shape index (κ1) is 24.3. The van der Waals surface area contributed by atoms with Crippen LogP contribution in [0.5, 0.6) is 0 Å². The van der Waals surface area contributed by atoms with Crippen LogP contribution in [-0.2, 0) is 24.0 Å². The number of carboxylic acids is 1. The molecule has 4 atom stereocenters. The van der Waals surface area contributed by atoms with E-state index in [0.717, 1.165) is 0 Å². The lowest BCUT2D eigenvalue weighted by Crippen LogP contribution is -2.59. The molecule has 154 valence electrons. The number of carbonyl (C=O) groups excluding carboxylic acids is 4.